The first-order chi connectivity index (χ1) is 22.8. The van der Waals surface area contributed by atoms with Gasteiger partial charge in [-0.3, -0.25) is 29.5 Å². The number of nitrogens with zero attached hydrogens (tertiary/aromatic N) is 1. The van der Waals surface area contributed by atoms with Gasteiger partial charge in [0, 0.05) is 18.4 Å². The molecule has 5 N–H and O–H groups in total. The highest BCUT2D eigenvalue weighted by Gasteiger charge is 2.54. The molecule has 2 saturated heterocycles. The first kappa shape index (κ1) is 33.5. The van der Waals surface area contributed by atoms with Crippen LogP contribution in [0.2, 0.25) is 0 Å². The third-order valence-electron chi connectivity index (χ3n) is 9.60. The maximum absolute atomic E-state index is 14.4. The average Bonchev–Trinajstić information content (AvgIpc) is 3.83. The Kier molecular flexibility index (Phi) is 9.27. The number of likely N-dealkylation sites (tertiary alicyclic amines) is 1. The molecule has 1 saturated carbocycles. The lowest BCUT2D eigenvalue weighted by Gasteiger charge is -2.36. The fraction of sp³-hybridized carbons (Fsp3) is 0.606. The number of rotatable bonds is 10. The van der Waals surface area contributed by atoms with E-state index in [1.54, 1.807) is 32.9 Å². The van der Waals surface area contributed by atoms with Gasteiger partial charge in [0.25, 0.3) is 5.91 Å². The summed E-state index contributed by atoms with van der Waals surface area (Å²) in [5.41, 5.74) is 7.69. The number of nitrogens with two attached hydrogens (primary N) is 1. The highest BCUT2D eigenvalue weighted by Crippen LogP contribution is 2.41. The maximum atomic E-state index is 14.4. The van der Waals surface area contributed by atoms with Crippen LogP contribution in [-0.2, 0) is 33.5 Å². The standard InChI is InChI=1S/C33H43N5O10/c1-32(2,3)27(36-31(43)47-20-9-10-44-15-20)30(42)38-16-33(13-22(37-48-33)19-7-8-24-25(12-19)46-17-45-24)14-23(38)29(41)35-21(26(39)28(34)40)11-18-5-4-6-18/h7-8,12-13,18,20-21,23,27,37H,4-6,9-11,14-17H2,1-3H3,(H2,34,40)(H,35,41)(H,36,43)/t20-,21?,23-,27+,33+/m0/s1. The minimum Gasteiger partial charge on any atom is -0.454 e. The molecule has 1 aliphatic carbocycles. The second-order valence-electron chi connectivity index (χ2n) is 14.2. The van der Waals surface area contributed by atoms with Gasteiger partial charge < -0.3 is 40.2 Å². The van der Waals surface area contributed by atoms with Gasteiger partial charge in [-0.2, -0.15) is 0 Å². The molecule has 4 heterocycles. The van der Waals surface area contributed by atoms with Crippen molar-refractivity contribution in [3.05, 3.63) is 29.8 Å². The number of hydroxylamine groups is 1. The van der Waals surface area contributed by atoms with Gasteiger partial charge >= 0.3 is 6.09 Å². The van der Waals surface area contributed by atoms with Gasteiger partial charge in [-0.05, 0) is 42.0 Å². The van der Waals surface area contributed by atoms with Crippen LogP contribution in [0.3, 0.4) is 0 Å². The summed E-state index contributed by atoms with van der Waals surface area (Å²) in [4.78, 5) is 73.7. The predicted molar refractivity (Wildman–Crippen MR) is 168 cm³/mol. The number of nitrogens with one attached hydrogen (secondary N) is 3. The van der Waals surface area contributed by atoms with Crippen LogP contribution in [0.4, 0.5) is 4.79 Å². The van der Waals surface area contributed by atoms with E-state index in [1.807, 2.05) is 12.1 Å². The first-order valence-corrected chi connectivity index (χ1v) is 16.4. The zero-order chi connectivity index (χ0) is 34.2. The lowest BCUT2D eigenvalue weighted by Crippen LogP contribution is -2.59. The monoisotopic (exact) mass is 669 g/mol. The maximum Gasteiger partial charge on any atom is 0.408 e. The molecule has 5 aliphatic rings. The van der Waals surface area contributed by atoms with Crippen LogP contribution in [0.25, 0.3) is 5.70 Å². The number of carbonyl (C=O) groups excluding carboxylic acids is 5. The molecule has 0 bridgehead atoms. The molecule has 1 aromatic rings. The highest BCUT2D eigenvalue weighted by molar-refractivity contribution is 6.37. The largest absolute Gasteiger partial charge is 0.454 e. The van der Waals surface area contributed by atoms with Gasteiger partial charge in [-0.1, -0.05) is 40.0 Å². The number of alkyl carbamates (subject to hydrolysis) is 1. The number of benzene rings is 1. The van der Waals surface area contributed by atoms with Crippen molar-refractivity contribution in [3.8, 4) is 11.5 Å². The Hall–Kier alpha value is -4.37. The van der Waals surface area contributed by atoms with E-state index >= 15 is 0 Å². The van der Waals surface area contributed by atoms with Crippen LogP contribution in [-0.4, -0.2) is 90.9 Å². The van der Waals surface area contributed by atoms with E-state index in [1.165, 1.54) is 4.90 Å². The van der Waals surface area contributed by atoms with Crippen molar-refractivity contribution in [3.63, 3.8) is 0 Å². The summed E-state index contributed by atoms with van der Waals surface area (Å²) in [5.74, 6) is -1.84. The van der Waals surface area contributed by atoms with Crippen LogP contribution < -0.4 is 31.3 Å². The number of amides is 4. The normalized spacial score (nSPS) is 25.9. The minimum atomic E-state index is -1.15. The molecule has 0 aromatic heterocycles. The summed E-state index contributed by atoms with van der Waals surface area (Å²) >= 11 is 0. The topological polar surface area (TPSA) is 197 Å². The third kappa shape index (κ3) is 7.06. The summed E-state index contributed by atoms with van der Waals surface area (Å²) < 4.78 is 21.7. The molecule has 1 unspecified atom stereocenters. The molecular formula is C33H43N5O10. The fourth-order valence-electron chi connectivity index (χ4n) is 6.69. The van der Waals surface area contributed by atoms with Crippen molar-refractivity contribution in [2.75, 3.05) is 26.6 Å². The second kappa shape index (κ2) is 13.3. The minimum absolute atomic E-state index is 0.0211. The SMILES string of the molecule is CC(C)(C)[C@H](NC(=O)O[C@H]1CCOC1)C(=O)N1C[C@@]2(C=C(c3ccc4c(c3)OCO4)NO2)C[C@H]1C(=O)NC(CC1CCC1)C(=O)C(N)=O. The van der Waals surface area contributed by atoms with Crippen LogP contribution in [0.1, 0.15) is 64.9 Å². The van der Waals surface area contributed by atoms with Crippen LogP contribution >= 0.6 is 0 Å². The smallest absolute Gasteiger partial charge is 0.408 e. The lowest BCUT2D eigenvalue weighted by atomic mass is 9.80. The number of ether oxygens (including phenoxy) is 4. The summed E-state index contributed by atoms with van der Waals surface area (Å²) in [6.45, 7) is 6.18. The van der Waals surface area contributed by atoms with Crippen molar-refractivity contribution in [2.24, 2.45) is 17.1 Å². The molecule has 4 amide bonds. The predicted octanol–water partition coefficient (Wildman–Crippen LogP) is 1.29. The molecule has 6 rings (SSSR count). The highest BCUT2D eigenvalue weighted by atomic mass is 16.7. The first-order valence-electron chi connectivity index (χ1n) is 16.4. The van der Waals surface area contributed by atoms with Crippen molar-refractivity contribution < 1.29 is 47.8 Å². The molecule has 15 heteroatoms. The van der Waals surface area contributed by atoms with Gasteiger partial charge in [-0.15, -0.1) is 0 Å². The Morgan fingerprint density at radius 1 is 1.10 bits per heavy atom. The number of carbonyl (C=O) groups is 5. The molecule has 260 valence electrons. The number of Topliss-reactive ketones (excluding diaryl/α,β-unsaturated/α-hetero) is 1. The quantitative estimate of drug-likeness (QED) is 0.262. The second-order valence-corrected chi connectivity index (χ2v) is 14.2. The Morgan fingerprint density at radius 2 is 1.88 bits per heavy atom. The summed E-state index contributed by atoms with van der Waals surface area (Å²) in [5, 5.41) is 5.45. The summed E-state index contributed by atoms with van der Waals surface area (Å²) in [6, 6.07) is 2.06. The molecule has 5 atom stereocenters. The Bertz CT molecular complexity index is 1500. The molecule has 15 nitrogen and oxygen atoms in total. The van der Waals surface area contributed by atoms with Gasteiger partial charge in [0.2, 0.25) is 24.4 Å². The lowest BCUT2D eigenvalue weighted by molar-refractivity contribution is -0.144. The third-order valence-corrected chi connectivity index (χ3v) is 9.60. The van der Waals surface area contributed by atoms with Crippen molar-refractivity contribution in [1.29, 1.82) is 0 Å². The number of hydrogen-bond donors (Lipinski definition) is 4. The Balaban J connectivity index is 1.28. The van der Waals surface area contributed by atoms with E-state index < -0.39 is 64.8 Å². The van der Waals surface area contributed by atoms with Gasteiger partial charge in [0.1, 0.15) is 23.8 Å². The van der Waals surface area contributed by atoms with Crippen molar-refractivity contribution in [1.82, 2.24) is 21.0 Å². The molecule has 3 fully saturated rings. The molecule has 1 spiro atoms. The molecule has 48 heavy (non-hydrogen) atoms. The van der Waals surface area contributed by atoms with E-state index in [0.717, 1.165) is 24.8 Å². The average molecular weight is 670 g/mol. The molecule has 0 radical (unpaired) electrons. The van der Waals surface area contributed by atoms with Crippen molar-refractivity contribution >= 4 is 35.3 Å². The van der Waals surface area contributed by atoms with E-state index in [2.05, 4.69) is 16.1 Å². The number of hydrogen-bond acceptors (Lipinski definition) is 11. The van der Waals surface area contributed by atoms with Gasteiger partial charge in [0.05, 0.1) is 31.5 Å². The zero-order valence-corrected chi connectivity index (χ0v) is 27.4. The van der Waals surface area contributed by atoms with E-state index in [0.29, 0.717) is 30.2 Å². The number of primary amides is 1. The van der Waals surface area contributed by atoms with Crippen molar-refractivity contribution in [2.45, 2.75) is 89.1 Å². The number of ketones is 1. The van der Waals surface area contributed by atoms with E-state index in [-0.39, 0.29) is 38.7 Å². The molecule has 1 aromatic carbocycles. The van der Waals surface area contributed by atoms with E-state index in [4.69, 9.17) is 29.5 Å². The number of fused-ring (bicyclic) bond motifs is 1. The van der Waals surface area contributed by atoms with Crippen LogP contribution in [0, 0.1) is 11.3 Å². The zero-order valence-electron chi connectivity index (χ0n) is 27.4. The Labute approximate surface area is 278 Å². The van der Waals surface area contributed by atoms with Gasteiger partial charge in [0.15, 0.2) is 11.5 Å². The van der Waals surface area contributed by atoms with E-state index in [9.17, 15) is 24.0 Å². The van der Waals surface area contributed by atoms with Crippen LogP contribution in [0.5, 0.6) is 11.5 Å². The summed E-state index contributed by atoms with van der Waals surface area (Å²) in [6.07, 6.45) is 4.21. The summed E-state index contributed by atoms with van der Waals surface area (Å²) in [7, 11) is 0. The van der Waals surface area contributed by atoms with Crippen LogP contribution in [0.15, 0.2) is 24.3 Å². The van der Waals surface area contributed by atoms with Gasteiger partial charge in [-0.25, -0.2) is 4.79 Å². The Morgan fingerprint density at radius 3 is 2.54 bits per heavy atom. The molecular weight excluding hydrogens is 626 g/mol. The molecule has 4 aliphatic heterocycles. The fourth-order valence-corrected chi connectivity index (χ4v) is 6.69.